The second kappa shape index (κ2) is 7.10. The van der Waals surface area contributed by atoms with E-state index in [-0.39, 0.29) is 0 Å². The molecule has 0 aliphatic carbocycles. The third kappa shape index (κ3) is 2.37. The van der Waals surface area contributed by atoms with Crippen LogP contribution in [0.15, 0.2) is 116 Å². The maximum atomic E-state index is 4.99. The van der Waals surface area contributed by atoms with E-state index in [2.05, 4.69) is 105 Å². The van der Waals surface area contributed by atoms with E-state index in [9.17, 15) is 0 Å². The Morgan fingerprint density at radius 1 is 0.500 bits per heavy atom. The minimum absolute atomic E-state index is 0.652. The SMILES string of the molecule is c1ccc2c(c1)ccc1c3c4c5ccccc5n(-c5ncc6ncccc6n5)c4cc4c5ccccc5n(c21)c43. The van der Waals surface area contributed by atoms with Crippen LogP contribution in [0.1, 0.15) is 0 Å². The van der Waals surface area contributed by atoms with Gasteiger partial charge in [-0.05, 0) is 35.7 Å². The second-order valence-corrected chi connectivity index (χ2v) is 10.5. The number of hydrogen-bond donors (Lipinski definition) is 0. The predicted molar refractivity (Wildman–Crippen MR) is 164 cm³/mol. The molecular weight excluding hydrogens is 490 g/mol. The monoisotopic (exact) mass is 509 g/mol. The second-order valence-electron chi connectivity index (χ2n) is 10.5. The van der Waals surface area contributed by atoms with Gasteiger partial charge in [0.25, 0.3) is 0 Å². The van der Waals surface area contributed by atoms with E-state index in [4.69, 9.17) is 9.97 Å². The van der Waals surface area contributed by atoms with Gasteiger partial charge in [0.15, 0.2) is 0 Å². The van der Waals surface area contributed by atoms with Crippen molar-refractivity contribution in [3.8, 4) is 5.95 Å². The fourth-order valence-electron chi connectivity index (χ4n) is 6.95. The number of para-hydroxylation sites is 2. The molecule has 10 aromatic rings. The summed E-state index contributed by atoms with van der Waals surface area (Å²) in [5, 5.41) is 9.98. The number of rotatable bonds is 1. The highest BCUT2D eigenvalue weighted by Crippen LogP contribution is 2.47. The van der Waals surface area contributed by atoms with Crippen LogP contribution in [0.4, 0.5) is 0 Å². The smallest absolute Gasteiger partial charge is 0.235 e. The van der Waals surface area contributed by atoms with Gasteiger partial charge >= 0.3 is 0 Å². The van der Waals surface area contributed by atoms with Gasteiger partial charge in [0, 0.05) is 43.9 Å². The summed E-state index contributed by atoms with van der Waals surface area (Å²) in [6.45, 7) is 0. The lowest BCUT2D eigenvalue weighted by atomic mass is 10.0. The van der Waals surface area contributed by atoms with Gasteiger partial charge < -0.3 is 4.40 Å². The van der Waals surface area contributed by atoms with Crippen molar-refractivity contribution in [1.82, 2.24) is 23.9 Å². The van der Waals surface area contributed by atoms with Crippen molar-refractivity contribution in [3.05, 3.63) is 116 Å². The topological polar surface area (TPSA) is 48.0 Å². The highest BCUT2D eigenvalue weighted by atomic mass is 15.2. The van der Waals surface area contributed by atoms with Gasteiger partial charge in [0.2, 0.25) is 5.95 Å². The Morgan fingerprint density at radius 2 is 1.30 bits per heavy atom. The minimum Gasteiger partial charge on any atom is -0.307 e. The Morgan fingerprint density at radius 3 is 2.23 bits per heavy atom. The van der Waals surface area contributed by atoms with Crippen molar-refractivity contribution >= 4 is 81.7 Å². The van der Waals surface area contributed by atoms with Crippen LogP contribution in [0.5, 0.6) is 0 Å². The van der Waals surface area contributed by atoms with Gasteiger partial charge in [-0.25, -0.2) is 9.97 Å². The van der Waals surface area contributed by atoms with Gasteiger partial charge in [-0.15, -0.1) is 0 Å². The summed E-state index contributed by atoms with van der Waals surface area (Å²) < 4.78 is 4.71. The molecule has 0 N–H and O–H groups in total. The van der Waals surface area contributed by atoms with E-state index in [1.165, 1.54) is 59.6 Å². The van der Waals surface area contributed by atoms with Gasteiger partial charge in [0.1, 0.15) is 5.52 Å². The van der Waals surface area contributed by atoms with Crippen LogP contribution in [0.25, 0.3) is 87.7 Å². The molecule has 0 saturated carbocycles. The van der Waals surface area contributed by atoms with E-state index in [0.717, 1.165) is 22.1 Å². The average Bonchev–Trinajstić information content (AvgIpc) is 3.65. The van der Waals surface area contributed by atoms with Gasteiger partial charge in [-0.2, -0.15) is 0 Å². The molecule has 0 fully saturated rings. The molecule has 0 aliphatic rings. The molecular formula is C35H19N5. The number of pyridine rings is 1. The molecule has 5 nitrogen and oxygen atoms in total. The molecule has 0 saturated heterocycles. The molecule has 5 aromatic heterocycles. The first-order valence-electron chi connectivity index (χ1n) is 13.5. The van der Waals surface area contributed by atoms with Crippen molar-refractivity contribution in [2.45, 2.75) is 0 Å². The quantitative estimate of drug-likeness (QED) is 0.223. The van der Waals surface area contributed by atoms with Crippen LogP contribution in [0.2, 0.25) is 0 Å². The Labute approximate surface area is 226 Å². The highest BCUT2D eigenvalue weighted by Gasteiger charge is 2.25. The van der Waals surface area contributed by atoms with Crippen LogP contribution < -0.4 is 0 Å². The Bertz CT molecular complexity index is 2660. The fourth-order valence-corrected chi connectivity index (χ4v) is 6.95. The molecule has 0 amide bonds. The van der Waals surface area contributed by atoms with E-state index in [1.54, 1.807) is 6.20 Å². The van der Waals surface area contributed by atoms with Crippen molar-refractivity contribution in [1.29, 1.82) is 0 Å². The van der Waals surface area contributed by atoms with E-state index < -0.39 is 0 Å². The molecule has 5 heteroatoms. The highest BCUT2D eigenvalue weighted by molar-refractivity contribution is 6.37. The zero-order valence-corrected chi connectivity index (χ0v) is 21.2. The molecule has 0 spiro atoms. The summed E-state index contributed by atoms with van der Waals surface area (Å²) in [5.74, 6) is 0.652. The molecule has 10 rings (SSSR count). The van der Waals surface area contributed by atoms with E-state index >= 15 is 0 Å². The molecule has 0 aliphatic heterocycles. The largest absolute Gasteiger partial charge is 0.307 e. The maximum absolute atomic E-state index is 4.99. The molecule has 0 bridgehead atoms. The van der Waals surface area contributed by atoms with Crippen LogP contribution >= 0.6 is 0 Å². The standard InChI is InChI=1S/C35H19N5/c1-2-9-21-20(8-1)15-16-24-32-31-23-11-4-6-14-29(23)39(35-37-19-27-26(38-35)12-7-17-36-27)30(31)18-25-22-10-3-5-13-28(22)40(33(21)24)34(25)32/h1-19H. The fraction of sp³-hybridized carbons (Fsp3) is 0. The van der Waals surface area contributed by atoms with Crippen molar-refractivity contribution < 1.29 is 0 Å². The first-order valence-corrected chi connectivity index (χ1v) is 13.5. The number of nitrogens with zero attached hydrogens (tertiary/aromatic N) is 5. The normalized spacial score (nSPS) is 12.5. The third-order valence-corrected chi connectivity index (χ3v) is 8.53. The summed E-state index contributed by atoms with van der Waals surface area (Å²) in [6.07, 6.45) is 3.60. The van der Waals surface area contributed by atoms with Crippen molar-refractivity contribution in [3.63, 3.8) is 0 Å². The molecule has 5 aromatic carbocycles. The Balaban J connectivity index is 1.52. The van der Waals surface area contributed by atoms with E-state index in [0.29, 0.717) is 5.95 Å². The lowest BCUT2D eigenvalue weighted by Crippen LogP contribution is -2.01. The molecule has 5 heterocycles. The summed E-state index contributed by atoms with van der Waals surface area (Å²) >= 11 is 0. The van der Waals surface area contributed by atoms with E-state index in [1.807, 2.05) is 18.3 Å². The first-order chi connectivity index (χ1) is 19.9. The van der Waals surface area contributed by atoms with Crippen LogP contribution in [-0.2, 0) is 0 Å². The Hall–Kier alpha value is -5.55. The predicted octanol–water partition coefficient (Wildman–Crippen LogP) is 8.43. The number of benzene rings is 5. The number of aromatic nitrogens is 5. The molecule has 184 valence electrons. The summed E-state index contributed by atoms with van der Waals surface area (Å²) in [4.78, 5) is 14.2. The molecule has 0 radical (unpaired) electrons. The third-order valence-electron chi connectivity index (χ3n) is 8.53. The van der Waals surface area contributed by atoms with Crippen LogP contribution in [0.3, 0.4) is 0 Å². The zero-order chi connectivity index (χ0) is 25.9. The van der Waals surface area contributed by atoms with Gasteiger partial charge in [0.05, 0.1) is 39.3 Å². The lowest BCUT2D eigenvalue weighted by molar-refractivity contribution is 1.01. The molecule has 0 atom stereocenters. The molecule has 0 unspecified atom stereocenters. The summed E-state index contributed by atoms with van der Waals surface area (Å²) in [6, 6.07) is 36.9. The number of hydrogen-bond acceptors (Lipinski definition) is 3. The minimum atomic E-state index is 0.652. The molecule has 40 heavy (non-hydrogen) atoms. The van der Waals surface area contributed by atoms with Crippen molar-refractivity contribution in [2.24, 2.45) is 0 Å². The number of fused-ring (bicyclic) bond motifs is 13. The average molecular weight is 510 g/mol. The summed E-state index contributed by atoms with van der Waals surface area (Å²) in [7, 11) is 0. The Kier molecular flexibility index (Phi) is 3.62. The lowest BCUT2D eigenvalue weighted by Gasteiger charge is -2.07. The van der Waals surface area contributed by atoms with Gasteiger partial charge in [-0.3, -0.25) is 9.55 Å². The van der Waals surface area contributed by atoms with Gasteiger partial charge in [-0.1, -0.05) is 72.8 Å². The first kappa shape index (κ1) is 20.4. The zero-order valence-electron chi connectivity index (χ0n) is 21.2. The van der Waals surface area contributed by atoms with Crippen molar-refractivity contribution in [2.75, 3.05) is 0 Å². The maximum Gasteiger partial charge on any atom is 0.235 e. The van der Waals surface area contributed by atoms with Crippen LogP contribution in [-0.4, -0.2) is 23.9 Å². The summed E-state index contributed by atoms with van der Waals surface area (Å²) in [5.41, 5.74) is 7.58. The van der Waals surface area contributed by atoms with Crippen LogP contribution in [0, 0.1) is 0 Å².